The number of nitrogens with zero attached hydrogens (tertiary/aromatic N) is 1. The number of benzene rings is 2. The van der Waals surface area contributed by atoms with Crippen LogP contribution in [0.2, 0.25) is 0 Å². The first-order valence-electron chi connectivity index (χ1n) is 9.92. The van der Waals surface area contributed by atoms with Crippen LogP contribution in [0.1, 0.15) is 41.6 Å². The van der Waals surface area contributed by atoms with E-state index in [-0.39, 0.29) is 30.5 Å². The zero-order valence-electron chi connectivity index (χ0n) is 16.1. The number of hydrogen-bond donors (Lipinski definition) is 1. The van der Waals surface area contributed by atoms with Crippen molar-refractivity contribution in [3.8, 4) is 5.75 Å². The van der Waals surface area contributed by atoms with Crippen molar-refractivity contribution in [2.45, 2.75) is 44.4 Å². The van der Waals surface area contributed by atoms with Crippen LogP contribution in [0.25, 0.3) is 0 Å². The molecule has 2 aromatic carbocycles. The third-order valence-corrected chi connectivity index (χ3v) is 6.21. The molecule has 4 atom stereocenters. The highest BCUT2D eigenvalue weighted by Crippen LogP contribution is 2.45. The minimum atomic E-state index is -0.291. The summed E-state index contributed by atoms with van der Waals surface area (Å²) in [5, 5.41) is 9.81. The molecule has 0 radical (unpaired) electrons. The summed E-state index contributed by atoms with van der Waals surface area (Å²) in [7, 11) is 1.87. The minimum Gasteiger partial charge on any atom is -0.489 e. The lowest BCUT2D eigenvalue weighted by Gasteiger charge is -2.26. The standard InChI is InChI=1S/C23H26FNO3/c1-25(20-9-17-11-21(26)12-18(17)10-20)23(27)16-5-3-7-22(13-16)28-14-15-4-2-6-19(24)8-15/h2-8,13,17-18,20-21,26H,9-12,14H2,1H3/t17-,18+,20?,21?. The predicted octanol–water partition coefficient (Wildman–Crippen LogP) is 4.03. The summed E-state index contributed by atoms with van der Waals surface area (Å²) in [5.41, 5.74) is 1.34. The van der Waals surface area contributed by atoms with E-state index >= 15 is 0 Å². The maximum absolute atomic E-state index is 13.3. The maximum Gasteiger partial charge on any atom is 0.253 e. The van der Waals surface area contributed by atoms with Crippen molar-refractivity contribution in [3.63, 3.8) is 0 Å². The lowest BCUT2D eigenvalue weighted by atomic mass is 10.0. The molecule has 0 heterocycles. The zero-order valence-corrected chi connectivity index (χ0v) is 16.1. The van der Waals surface area contributed by atoms with Crippen molar-refractivity contribution >= 4 is 5.91 Å². The lowest BCUT2D eigenvalue weighted by molar-refractivity contribution is 0.0722. The van der Waals surface area contributed by atoms with Crippen LogP contribution in [0.15, 0.2) is 48.5 Å². The van der Waals surface area contributed by atoms with Gasteiger partial charge in [-0.2, -0.15) is 0 Å². The number of carbonyl (C=O) groups is 1. The number of carbonyl (C=O) groups excluding carboxylic acids is 1. The Kier molecular flexibility index (Phi) is 5.36. The molecule has 5 heteroatoms. The molecule has 2 fully saturated rings. The fraction of sp³-hybridized carbons (Fsp3) is 0.435. The van der Waals surface area contributed by atoms with Crippen molar-refractivity contribution in [1.29, 1.82) is 0 Å². The van der Waals surface area contributed by atoms with Gasteiger partial charge in [-0.1, -0.05) is 18.2 Å². The van der Waals surface area contributed by atoms with Gasteiger partial charge in [0, 0.05) is 18.7 Å². The van der Waals surface area contributed by atoms with Crippen LogP contribution in [0.3, 0.4) is 0 Å². The quantitative estimate of drug-likeness (QED) is 0.848. The lowest BCUT2D eigenvalue weighted by Crippen LogP contribution is -2.36. The van der Waals surface area contributed by atoms with Gasteiger partial charge >= 0.3 is 0 Å². The van der Waals surface area contributed by atoms with E-state index in [0.717, 1.165) is 31.2 Å². The fourth-order valence-electron chi connectivity index (χ4n) is 4.75. The number of ether oxygens (including phenoxy) is 1. The van der Waals surface area contributed by atoms with Gasteiger partial charge in [0.05, 0.1) is 6.10 Å². The third kappa shape index (κ3) is 4.04. The predicted molar refractivity (Wildman–Crippen MR) is 105 cm³/mol. The van der Waals surface area contributed by atoms with E-state index < -0.39 is 0 Å². The molecule has 0 saturated heterocycles. The second-order valence-electron chi connectivity index (χ2n) is 8.13. The number of aliphatic hydroxyl groups excluding tert-OH is 1. The number of amides is 1. The van der Waals surface area contributed by atoms with Gasteiger partial charge in [-0.25, -0.2) is 4.39 Å². The van der Waals surface area contributed by atoms with Crippen LogP contribution in [0.5, 0.6) is 5.75 Å². The van der Waals surface area contributed by atoms with Crippen molar-refractivity contribution in [2.24, 2.45) is 11.8 Å². The summed E-state index contributed by atoms with van der Waals surface area (Å²) in [6.07, 6.45) is 3.52. The molecule has 0 spiro atoms. The number of aliphatic hydroxyl groups is 1. The molecular weight excluding hydrogens is 357 g/mol. The topological polar surface area (TPSA) is 49.8 Å². The second-order valence-corrected chi connectivity index (χ2v) is 8.13. The Labute approximate surface area is 164 Å². The number of rotatable bonds is 5. The van der Waals surface area contributed by atoms with Gasteiger partial charge in [0.1, 0.15) is 18.2 Å². The Morgan fingerprint density at radius 1 is 1.11 bits per heavy atom. The molecule has 0 aromatic heterocycles. The van der Waals surface area contributed by atoms with Crippen LogP contribution < -0.4 is 4.74 Å². The SMILES string of the molecule is CN(C(=O)c1cccc(OCc2cccc(F)c2)c1)C1C[C@H]2CC(O)C[C@H]2C1. The number of fused-ring (bicyclic) bond motifs is 1. The largest absolute Gasteiger partial charge is 0.489 e. The molecule has 1 N–H and O–H groups in total. The third-order valence-electron chi connectivity index (χ3n) is 6.21. The molecule has 0 aliphatic heterocycles. The van der Waals surface area contributed by atoms with E-state index in [1.165, 1.54) is 12.1 Å². The molecule has 2 aromatic rings. The van der Waals surface area contributed by atoms with Gasteiger partial charge in [-0.15, -0.1) is 0 Å². The molecule has 2 unspecified atom stereocenters. The molecule has 0 bridgehead atoms. The van der Waals surface area contributed by atoms with E-state index in [4.69, 9.17) is 4.74 Å². The zero-order chi connectivity index (χ0) is 19.7. The summed E-state index contributed by atoms with van der Waals surface area (Å²) >= 11 is 0. The summed E-state index contributed by atoms with van der Waals surface area (Å²) in [6, 6.07) is 13.7. The fourth-order valence-corrected chi connectivity index (χ4v) is 4.75. The number of hydrogen-bond acceptors (Lipinski definition) is 3. The smallest absolute Gasteiger partial charge is 0.253 e. The molecule has 2 aliphatic carbocycles. The average molecular weight is 383 g/mol. The van der Waals surface area contributed by atoms with Gasteiger partial charge in [0.2, 0.25) is 0 Å². The van der Waals surface area contributed by atoms with Crippen molar-refractivity contribution in [2.75, 3.05) is 7.05 Å². The second kappa shape index (κ2) is 7.92. The number of halogens is 1. The molecule has 28 heavy (non-hydrogen) atoms. The Bertz CT molecular complexity index is 841. The molecule has 1 amide bonds. The van der Waals surface area contributed by atoms with Gasteiger partial charge in [0.15, 0.2) is 0 Å². The average Bonchev–Trinajstić information content (AvgIpc) is 3.23. The highest BCUT2D eigenvalue weighted by molar-refractivity contribution is 5.94. The normalized spacial score (nSPS) is 26.1. The first-order valence-corrected chi connectivity index (χ1v) is 9.92. The van der Waals surface area contributed by atoms with E-state index in [0.29, 0.717) is 23.1 Å². The Balaban J connectivity index is 1.38. The summed E-state index contributed by atoms with van der Waals surface area (Å²) in [6.45, 7) is 0.250. The van der Waals surface area contributed by atoms with Gasteiger partial charge in [-0.3, -0.25) is 4.79 Å². The van der Waals surface area contributed by atoms with Gasteiger partial charge < -0.3 is 14.7 Å². The first-order chi connectivity index (χ1) is 13.5. The molecule has 4 rings (SSSR count). The maximum atomic E-state index is 13.3. The Hall–Kier alpha value is -2.40. The van der Waals surface area contributed by atoms with Crippen LogP contribution in [0.4, 0.5) is 4.39 Å². The monoisotopic (exact) mass is 383 g/mol. The first kappa shape index (κ1) is 18.9. The van der Waals surface area contributed by atoms with E-state index in [1.807, 2.05) is 18.0 Å². The van der Waals surface area contributed by atoms with Crippen LogP contribution in [-0.4, -0.2) is 35.1 Å². The van der Waals surface area contributed by atoms with Gasteiger partial charge in [-0.05, 0) is 73.4 Å². The van der Waals surface area contributed by atoms with Crippen LogP contribution >= 0.6 is 0 Å². The van der Waals surface area contributed by atoms with Crippen molar-refractivity contribution in [1.82, 2.24) is 4.90 Å². The summed E-state index contributed by atoms with van der Waals surface area (Å²) in [5.74, 6) is 1.37. The van der Waals surface area contributed by atoms with E-state index in [1.54, 1.807) is 30.3 Å². The van der Waals surface area contributed by atoms with Crippen molar-refractivity contribution < 1.29 is 19.0 Å². The Morgan fingerprint density at radius 2 is 1.82 bits per heavy atom. The van der Waals surface area contributed by atoms with Crippen LogP contribution in [-0.2, 0) is 6.61 Å². The molecule has 2 saturated carbocycles. The van der Waals surface area contributed by atoms with E-state index in [9.17, 15) is 14.3 Å². The van der Waals surface area contributed by atoms with Crippen molar-refractivity contribution in [3.05, 3.63) is 65.5 Å². The summed E-state index contributed by atoms with van der Waals surface area (Å²) in [4.78, 5) is 14.8. The summed E-state index contributed by atoms with van der Waals surface area (Å²) < 4.78 is 19.0. The molecule has 2 aliphatic rings. The highest BCUT2D eigenvalue weighted by atomic mass is 19.1. The van der Waals surface area contributed by atoms with Crippen LogP contribution in [0, 0.1) is 17.7 Å². The van der Waals surface area contributed by atoms with E-state index in [2.05, 4.69) is 0 Å². The molecule has 148 valence electrons. The Morgan fingerprint density at radius 3 is 2.54 bits per heavy atom. The minimum absolute atomic E-state index is 0.0123. The highest BCUT2D eigenvalue weighted by Gasteiger charge is 2.43. The molecular formula is C23H26FNO3. The van der Waals surface area contributed by atoms with Gasteiger partial charge in [0.25, 0.3) is 5.91 Å². The molecule has 4 nitrogen and oxygen atoms in total.